The molecule has 2 heterocycles. The monoisotopic (exact) mass is 246 g/mol. The molecule has 2 aromatic heterocycles. The molecule has 0 aliphatic heterocycles. The first-order chi connectivity index (χ1) is 8.52. The van der Waals surface area contributed by atoms with Crippen LogP contribution >= 0.6 is 0 Å². The average molecular weight is 246 g/mol. The van der Waals surface area contributed by atoms with E-state index in [4.69, 9.17) is 11.5 Å². The van der Waals surface area contributed by atoms with Gasteiger partial charge in [0.25, 0.3) is 5.91 Å². The van der Waals surface area contributed by atoms with Crippen LogP contribution in [-0.4, -0.2) is 25.7 Å². The van der Waals surface area contributed by atoms with Gasteiger partial charge in [-0.1, -0.05) is 6.92 Å². The number of carbonyl (C=O) groups is 1. The van der Waals surface area contributed by atoms with Crippen LogP contribution in [-0.2, 0) is 6.42 Å². The Morgan fingerprint density at radius 3 is 2.72 bits per heavy atom. The molecule has 2 rings (SSSR count). The number of anilines is 1. The van der Waals surface area contributed by atoms with E-state index in [1.54, 1.807) is 6.92 Å². The minimum absolute atomic E-state index is 0.324. The SMILES string of the molecule is CCc1nc(N)c(C)c(-n2cc(C(N)=O)cn2)n1. The molecule has 0 atom stereocenters. The molecule has 1 amide bonds. The highest BCUT2D eigenvalue weighted by Gasteiger charge is 2.12. The van der Waals surface area contributed by atoms with Crippen molar-refractivity contribution in [2.75, 3.05) is 5.73 Å². The highest BCUT2D eigenvalue weighted by Crippen LogP contribution is 2.16. The van der Waals surface area contributed by atoms with Gasteiger partial charge in [0, 0.05) is 18.2 Å². The minimum Gasteiger partial charge on any atom is -0.383 e. The van der Waals surface area contributed by atoms with E-state index in [0.717, 1.165) is 0 Å². The van der Waals surface area contributed by atoms with Crippen molar-refractivity contribution in [1.82, 2.24) is 19.7 Å². The van der Waals surface area contributed by atoms with E-state index in [1.807, 2.05) is 6.92 Å². The van der Waals surface area contributed by atoms with Gasteiger partial charge in [-0.05, 0) is 6.92 Å². The molecule has 4 N–H and O–H groups in total. The molecule has 0 aliphatic carbocycles. The first-order valence-corrected chi connectivity index (χ1v) is 5.50. The van der Waals surface area contributed by atoms with Gasteiger partial charge in [-0.15, -0.1) is 0 Å². The first-order valence-electron chi connectivity index (χ1n) is 5.50. The number of amides is 1. The summed E-state index contributed by atoms with van der Waals surface area (Å²) >= 11 is 0. The van der Waals surface area contributed by atoms with Gasteiger partial charge in [0.15, 0.2) is 5.82 Å². The third-order valence-electron chi connectivity index (χ3n) is 2.60. The molecule has 0 unspecified atom stereocenters. The van der Waals surface area contributed by atoms with Crippen LogP contribution in [0.5, 0.6) is 0 Å². The van der Waals surface area contributed by atoms with Crippen molar-refractivity contribution in [2.24, 2.45) is 5.73 Å². The quantitative estimate of drug-likeness (QED) is 0.804. The van der Waals surface area contributed by atoms with Crippen molar-refractivity contribution in [3.05, 3.63) is 29.3 Å². The molecule has 0 bridgehead atoms. The highest BCUT2D eigenvalue weighted by atomic mass is 16.1. The second kappa shape index (κ2) is 4.44. The summed E-state index contributed by atoms with van der Waals surface area (Å²) in [5, 5.41) is 4.06. The van der Waals surface area contributed by atoms with Gasteiger partial charge in [0.05, 0.1) is 11.8 Å². The standard InChI is InChI=1S/C11H14N6O/c1-3-8-15-9(12)6(2)11(16-8)17-5-7(4-14-17)10(13)18/h4-5H,3H2,1-2H3,(H2,13,18)(H2,12,15,16). The fourth-order valence-electron chi connectivity index (χ4n) is 1.52. The second-order valence-electron chi connectivity index (χ2n) is 3.87. The van der Waals surface area contributed by atoms with Crippen molar-refractivity contribution < 1.29 is 4.79 Å². The molecule has 2 aromatic rings. The number of nitrogen functional groups attached to an aromatic ring is 1. The Bertz CT molecular complexity index is 604. The van der Waals surface area contributed by atoms with Crippen LogP contribution in [0.3, 0.4) is 0 Å². The van der Waals surface area contributed by atoms with Crippen LogP contribution in [0.15, 0.2) is 12.4 Å². The molecule has 0 spiro atoms. The summed E-state index contributed by atoms with van der Waals surface area (Å²) in [6.07, 6.45) is 3.59. The topological polar surface area (TPSA) is 113 Å². The predicted octanol–water partition coefficient (Wildman–Crippen LogP) is 0.214. The van der Waals surface area contributed by atoms with Gasteiger partial charge in [-0.25, -0.2) is 14.6 Å². The Morgan fingerprint density at radius 2 is 2.17 bits per heavy atom. The second-order valence-corrected chi connectivity index (χ2v) is 3.87. The maximum absolute atomic E-state index is 11.0. The third kappa shape index (κ3) is 2.02. The van der Waals surface area contributed by atoms with Crippen molar-refractivity contribution in [3.63, 3.8) is 0 Å². The molecule has 0 aliphatic rings. The van der Waals surface area contributed by atoms with Crippen LogP contribution in [0.4, 0.5) is 5.82 Å². The van der Waals surface area contributed by atoms with Gasteiger partial charge in [-0.2, -0.15) is 5.10 Å². The van der Waals surface area contributed by atoms with Crippen LogP contribution in [0.2, 0.25) is 0 Å². The van der Waals surface area contributed by atoms with Crippen molar-refractivity contribution in [1.29, 1.82) is 0 Å². The molecule has 0 aromatic carbocycles. The van der Waals surface area contributed by atoms with Gasteiger partial charge in [0.1, 0.15) is 11.6 Å². The zero-order chi connectivity index (χ0) is 13.3. The number of hydrogen-bond acceptors (Lipinski definition) is 5. The Labute approximate surface area is 104 Å². The molecule has 0 saturated heterocycles. The summed E-state index contributed by atoms with van der Waals surface area (Å²) < 4.78 is 1.48. The van der Waals surface area contributed by atoms with Crippen LogP contribution < -0.4 is 11.5 Å². The molecule has 0 fully saturated rings. The zero-order valence-corrected chi connectivity index (χ0v) is 10.2. The number of primary amides is 1. The van der Waals surface area contributed by atoms with Crippen molar-refractivity contribution >= 4 is 11.7 Å². The van der Waals surface area contributed by atoms with Crippen LogP contribution in [0.25, 0.3) is 5.82 Å². The molecule has 0 radical (unpaired) electrons. The number of hydrogen-bond donors (Lipinski definition) is 2. The smallest absolute Gasteiger partial charge is 0.251 e. The zero-order valence-electron chi connectivity index (χ0n) is 10.2. The van der Waals surface area contributed by atoms with E-state index in [-0.39, 0.29) is 0 Å². The fourth-order valence-corrected chi connectivity index (χ4v) is 1.52. The van der Waals surface area contributed by atoms with E-state index >= 15 is 0 Å². The predicted molar refractivity (Wildman–Crippen MR) is 66.2 cm³/mol. The Kier molecular flexibility index (Phi) is 2.97. The van der Waals surface area contributed by atoms with E-state index in [9.17, 15) is 4.79 Å². The first kappa shape index (κ1) is 12.0. The Hall–Kier alpha value is -2.44. The lowest BCUT2D eigenvalue weighted by atomic mass is 10.3. The number of aryl methyl sites for hydroxylation is 1. The maximum atomic E-state index is 11.0. The molecule has 18 heavy (non-hydrogen) atoms. The summed E-state index contributed by atoms with van der Waals surface area (Å²) in [5.74, 6) is 1.07. The number of rotatable bonds is 3. The number of carbonyl (C=O) groups excluding carboxylic acids is 1. The Balaban J connectivity index is 2.55. The number of nitrogens with two attached hydrogens (primary N) is 2. The lowest BCUT2D eigenvalue weighted by molar-refractivity contribution is 0.100. The van der Waals surface area contributed by atoms with Gasteiger partial charge in [0.2, 0.25) is 0 Å². The van der Waals surface area contributed by atoms with Gasteiger partial charge < -0.3 is 11.5 Å². The van der Waals surface area contributed by atoms with Gasteiger partial charge >= 0.3 is 0 Å². The third-order valence-corrected chi connectivity index (χ3v) is 2.60. The fraction of sp³-hybridized carbons (Fsp3) is 0.273. The number of aromatic nitrogens is 4. The summed E-state index contributed by atoms with van der Waals surface area (Å²) in [4.78, 5) is 19.5. The van der Waals surface area contributed by atoms with E-state index in [2.05, 4.69) is 15.1 Å². The Morgan fingerprint density at radius 1 is 1.44 bits per heavy atom. The molecule has 7 heteroatoms. The van der Waals surface area contributed by atoms with Crippen molar-refractivity contribution in [3.8, 4) is 5.82 Å². The molecular weight excluding hydrogens is 232 g/mol. The van der Waals surface area contributed by atoms with Crippen LogP contribution in [0, 0.1) is 6.92 Å². The highest BCUT2D eigenvalue weighted by molar-refractivity contribution is 5.92. The average Bonchev–Trinajstić information content (AvgIpc) is 2.82. The van der Waals surface area contributed by atoms with Crippen LogP contribution in [0.1, 0.15) is 28.7 Å². The maximum Gasteiger partial charge on any atom is 0.251 e. The molecule has 7 nitrogen and oxygen atoms in total. The lowest BCUT2D eigenvalue weighted by Crippen LogP contribution is -2.11. The van der Waals surface area contributed by atoms with Crippen molar-refractivity contribution in [2.45, 2.75) is 20.3 Å². The van der Waals surface area contributed by atoms with Gasteiger partial charge in [-0.3, -0.25) is 4.79 Å². The summed E-state index contributed by atoms with van der Waals surface area (Å²) in [6, 6.07) is 0. The normalized spacial score (nSPS) is 10.6. The van der Waals surface area contributed by atoms with E-state index < -0.39 is 5.91 Å². The van der Waals surface area contributed by atoms with E-state index in [1.165, 1.54) is 17.1 Å². The summed E-state index contributed by atoms with van der Waals surface area (Å²) in [7, 11) is 0. The molecular formula is C11H14N6O. The summed E-state index contributed by atoms with van der Waals surface area (Å²) in [6.45, 7) is 3.74. The lowest BCUT2D eigenvalue weighted by Gasteiger charge is -2.08. The van der Waals surface area contributed by atoms with E-state index in [0.29, 0.717) is 35.0 Å². The minimum atomic E-state index is -0.531. The summed E-state index contributed by atoms with van der Waals surface area (Å²) in [5.41, 5.74) is 12.0. The largest absolute Gasteiger partial charge is 0.383 e. The number of nitrogens with zero attached hydrogens (tertiary/aromatic N) is 4. The molecule has 0 saturated carbocycles. The molecule has 94 valence electrons.